The molecular weight excluding hydrogens is 256 g/mol. The molecule has 0 aromatic carbocycles. The Morgan fingerprint density at radius 1 is 1.25 bits per heavy atom. The number of likely N-dealkylation sites (tertiary alicyclic amines) is 1. The standard InChI is InChI=1S/C14H24N4O2/c1-14(2)12(19)18(13(20)16-14)7-6-17-5-3-4-10-8-15-9-11(10)17/h10-11,15H,3-9H2,1-2H3,(H,16,20). The van der Waals surface area contributed by atoms with Crippen LogP contribution in [-0.4, -0.2) is 66.0 Å². The Balaban J connectivity index is 1.59. The van der Waals surface area contributed by atoms with Crippen LogP contribution >= 0.6 is 0 Å². The Hall–Kier alpha value is -1.14. The first-order valence-electron chi connectivity index (χ1n) is 7.58. The van der Waals surface area contributed by atoms with Crippen LogP contribution in [0.1, 0.15) is 26.7 Å². The van der Waals surface area contributed by atoms with Crippen LogP contribution < -0.4 is 10.6 Å². The van der Waals surface area contributed by atoms with E-state index >= 15 is 0 Å². The number of piperidine rings is 1. The number of carbonyl (C=O) groups is 2. The van der Waals surface area contributed by atoms with Gasteiger partial charge in [-0.25, -0.2) is 4.79 Å². The number of fused-ring (bicyclic) bond motifs is 1. The minimum Gasteiger partial charge on any atom is -0.324 e. The van der Waals surface area contributed by atoms with E-state index in [4.69, 9.17) is 0 Å². The van der Waals surface area contributed by atoms with Crippen LogP contribution in [0.2, 0.25) is 0 Å². The van der Waals surface area contributed by atoms with Gasteiger partial charge in [-0.1, -0.05) is 0 Å². The van der Waals surface area contributed by atoms with E-state index in [1.165, 1.54) is 17.7 Å². The monoisotopic (exact) mass is 280 g/mol. The molecule has 3 aliphatic heterocycles. The average molecular weight is 280 g/mol. The second-order valence-electron chi connectivity index (χ2n) is 6.68. The average Bonchev–Trinajstić information content (AvgIpc) is 2.93. The molecule has 0 radical (unpaired) electrons. The minimum absolute atomic E-state index is 0.111. The number of urea groups is 1. The summed E-state index contributed by atoms with van der Waals surface area (Å²) in [6.45, 7) is 8.02. The van der Waals surface area contributed by atoms with Crippen molar-refractivity contribution >= 4 is 11.9 Å². The van der Waals surface area contributed by atoms with E-state index in [1.54, 1.807) is 13.8 Å². The van der Waals surface area contributed by atoms with Crippen LogP contribution in [0.15, 0.2) is 0 Å². The molecule has 0 aromatic heterocycles. The lowest BCUT2D eigenvalue weighted by Crippen LogP contribution is -2.49. The summed E-state index contributed by atoms with van der Waals surface area (Å²) in [5, 5.41) is 6.18. The number of amides is 3. The number of carbonyl (C=O) groups excluding carboxylic acids is 2. The minimum atomic E-state index is -0.754. The summed E-state index contributed by atoms with van der Waals surface area (Å²) < 4.78 is 0. The summed E-state index contributed by atoms with van der Waals surface area (Å²) in [6.07, 6.45) is 2.51. The fourth-order valence-corrected chi connectivity index (χ4v) is 3.69. The third-order valence-corrected chi connectivity index (χ3v) is 4.85. The summed E-state index contributed by atoms with van der Waals surface area (Å²) in [5.74, 6) is 0.629. The molecule has 3 heterocycles. The first-order valence-corrected chi connectivity index (χ1v) is 7.58. The molecule has 3 rings (SSSR count). The normalized spacial score (nSPS) is 33.4. The van der Waals surface area contributed by atoms with Crippen molar-refractivity contribution in [1.29, 1.82) is 0 Å². The molecule has 6 heteroatoms. The van der Waals surface area contributed by atoms with Gasteiger partial charge in [-0.2, -0.15) is 0 Å². The molecule has 0 saturated carbocycles. The van der Waals surface area contributed by atoms with Crippen LogP contribution in [0, 0.1) is 5.92 Å². The quantitative estimate of drug-likeness (QED) is 0.714. The van der Waals surface area contributed by atoms with Gasteiger partial charge < -0.3 is 10.6 Å². The highest BCUT2D eigenvalue weighted by atomic mass is 16.2. The van der Waals surface area contributed by atoms with Crippen molar-refractivity contribution in [3.05, 3.63) is 0 Å². The highest BCUT2D eigenvalue weighted by Gasteiger charge is 2.44. The summed E-state index contributed by atoms with van der Waals surface area (Å²) in [5.41, 5.74) is -0.754. The maximum absolute atomic E-state index is 12.1. The van der Waals surface area contributed by atoms with Crippen molar-refractivity contribution in [3.8, 4) is 0 Å². The third kappa shape index (κ3) is 2.31. The van der Waals surface area contributed by atoms with Crippen LogP contribution in [-0.2, 0) is 4.79 Å². The summed E-state index contributed by atoms with van der Waals surface area (Å²) in [4.78, 5) is 27.8. The molecule has 6 nitrogen and oxygen atoms in total. The molecule has 3 saturated heterocycles. The number of nitrogens with zero attached hydrogens (tertiary/aromatic N) is 2. The Kier molecular flexibility index (Phi) is 3.46. The highest BCUT2D eigenvalue weighted by Crippen LogP contribution is 2.26. The van der Waals surface area contributed by atoms with Gasteiger partial charge in [-0.05, 0) is 45.7 Å². The van der Waals surface area contributed by atoms with Gasteiger partial charge in [-0.3, -0.25) is 14.6 Å². The summed E-state index contributed by atoms with van der Waals surface area (Å²) >= 11 is 0. The molecule has 3 aliphatic rings. The lowest BCUT2D eigenvalue weighted by Gasteiger charge is -2.37. The number of hydrogen-bond donors (Lipinski definition) is 2. The fourth-order valence-electron chi connectivity index (χ4n) is 3.69. The molecule has 0 bridgehead atoms. The lowest BCUT2D eigenvalue weighted by molar-refractivity contribution is -0.130. The molecule has 2 atom stereocenters. The van der Waals surface area contributed by atoms with E-state index in [1.807, 2.05) is 0 Å². The van der Waals surface area contributed by atoms with Crippen molar-refractivity contribution < 1.29 is 9.59 Å². The molecule has 0 aromatic rings. The van der Waals surface area contributed by atoms with Crippen LogP contribution in [0.3, 0.4) is 0 Å². The highest BCUT2D eigenvalue weighted by molar-refractivity contribution is 6.06. The molecule has 3 fully saturated rings. The van der Waals surface area contributed by atoms with Crippen molar-refractivity contribution in [2.75, 3.05) is 32.7 Å². The molecule has 0 spiro atoms. The van der Waals surface area contributed by atoms with E-state index in [9.17, 15) is 9.59 Å². The Morgan fingerprint density at radius 3 is 2.75 bits per heavy atom. The molecule has 2 unspecified atom stereocenters. The maximum Gasteiger partial charge on any atom is 0.325 e. The first-order chi connectivity index (χ1) is 9.49. The van der Waals surface area contributed by atoms with Crippen molar-refractivity contribution in [2.24, 2.45) is 5.92 Å². The number of imide groups is 1. The van der Waals surface area contributed by atoms with Crippen molar-refractivity contribution in [1.82, 2.24) is 20.4 Å². The van der Waals surface area contributed by atoms with Crippen molar-refractivity contribution in [3.63, 3.8) is 0 Å². The van der Waals surface area contributed by atoms with E-state index < -0.39 is 5.54 Å². The van der Waals surface area contributed by atoms with Gasteiger partial charge in [0.05, 0.1) is 0 Å². The van der Waals surface area contributed by atoms with Gasteiger partial charge in [-0.15, -0.1) is 0 Å². The molecule has 3 amide bonds. The van der Waals surface area contributed by atoms with Gasteiger partial charge in [0, 0.05) is 25.7 Å². The molecule has 0 aliphatic carbocycles. The van der Waals surface area contributed by atoms with Gasteiger partial charge in [0.15, 0.2) is 0 Å². The second kappa shape index (κ2) is 5.00. The predicted molar refractivity (Wildman–Crippen MR) is 75.3 cm³/mol. The first kappa shape index (κ1) is 13.8. The van der Waals surface area contributed by atoms with Crippen LogP contribution in [0.5, 0.6) is 0 Å². The van der Waals surface area contributed by atoms with Gasteiger partial charge in [0.1, 0.15) is 5.54 Å². The van der Waals surface area contributed by atoms with E-state index in [0.29, 0.717) is 12.6 Å². The van der Waals surface area contributed by atoms with E-state index in [0.717, 1.165) is 32.1 Å². The fraction of sp³-hybridized carbons (Fsp3) is 0.857. The van der Waals surface area contributed by atoms with E-state index in [2.05, 4.69) is 15.5 Å². The van der Waals surface area contributed by atoms with Gasteiger partial charge >= 0.3 is 6.03 Å². The zero-order chi connectivity index (χ0) is 14.3. The predicted octanol–water partition coefficient (Wildman–Crippen LogP) is 0.000600. The Labute approximate surface area is 119 Å². The van der Waals surface area contributed by atoms with Crippen LogP contribution in [0.4, 0.5) is 4.79 Å². The summed E-state index contributed by atoms with van der Waals surface area (Å²) in [6, 6.07) is 0.329. The van der Waals surface area contributed by atoms with Gasteiger partial charge in [0.2, 0.25) is 0 Å². The molecule has 20 heavy (non-hydrogen) atoms. The smallest absolute Gasteiger partial charge is 0.324 e. The topological polar surface area (TPSA) is 64.7 Å². The lowest BCUT2D eigenvalue weighted by atomic mass is 9.92. The zero-order valence-corrected chi connectivity index (χ0v) is 12.3. The number of nitrogens with one attached hydrogen (secondary N) is 2. The molecular formula is C14H24N4O2. The molecule has 2 N–H and O–H groups in total. The second-order valence-corrected chi connectivity index (χ2v) is 6.68. The van der Waals surface area contributed by atoms with Gasteiger partial charge in [0.25, 0.3) is 5.91 Å². The van der Waals surface area contributed by atoms with Crippen molar-refractivity contribution in [2.45, 2.75) is 38.3 Å². The Bertz CT molecular complexity index is 423. The Morgan fingerprint density at radius 2 is 2.05 bits per heavy atom. The number of rotatable bonds is 3. The zero-order valence-electron chi connectivity index (χ0n) is 12.3. The SMILES string of the molecule is CC1(C)NC(=O)N(CCN2CCCC3CNCC32)C1=O. The van der Waals surface area contributed by atoms with Crippen LogP contribution in [0.25, 0.3) is 0 Å². The molecule has 112 valence electrons. The van der Waals surface area contributed by atoms with E-state index in [-0.39, 0.29) is 11.9 Å². The number of hydrogen-bond acceptors (Lipinski definition) is 4. The third-order valence-electron chi connectivity index (χ3n) is 4.85. The maximum atomic E-state index is 12.1. The largest absolute Gasteiger partial charge is 0.325 e. The summed E-state index contributed by atoms with van der Waals surface area (Å²) in [7, 11) is 0.